The van der Waals surface area contributed by atoms with Gasteiger partial charge in [0.1, 0.15) is 5.82 Å². The summed E-state index contributed by atoms with van der Waals surface area (Å²) in [5.41, 5.74) is 0.153. The molecule has 1 aromatic carbocycles. The number of nitrogens with two attached hydrogens (primary N) is 1. The van der Waals surface area contributed by atoms with Crippen molar-refractivity contribution in [3.8, 4) is 0 Å². The van der Waals surface area contributed by atoms with Crippen LogP contribution in [-0.4, -0.2) is 30.7 Å². The molecular weight excluding hydrogens is 279 g/mol. The van der Waals surface area contributed by atoms with Crippen LogP contribution in [0, 0.1) is 5.82 Å². The lowest BCUT2D eigenvalue weighted by molar-refractivity contribution is 0.592. The lowest BCUT2D eigenvalue weighted by Gasteiger charge is -2.14. The molecule has 102 valence electrons. The summed E-state index contributed by atoms with van der Waals surface area (Å²) in [7, 11) is -4.90. The average Bonchev–Trinajstić information content (AvgIpc) is 2.18. The van der Waals surface area contributed by atoms with E-state index in [1.807, 2.05) is 0 Å². The fraction of sp³-hybridized carbons (Fsp3) is 0.400. The third-order valence-electron chi connectivity index (χ3n) is 2.16. The van der Waals surface area contributed by atoms with Gasteiger partial charge in [-0.15, -0.1) is 0 Å². The molecule has 2 unspecified atom stereocenters. The number of halogens is 1. The standard InChI is InChI=1S/C10H15FN2O3S2/c1-7(6-17(2)14)13-10-4-3-8(5-9(10)11)18(12,15)16/h3-5,7,13H,6H2,1-2H3,(H2,12,15,16). The molecule has 0 radical (unpaired) electrons. The Labute approximate surface area is 108 Å². The summed E-state index contributed by atoms with van der Waals surface area (Å²) in [6.07, 6.45) is 1.55. The fourth-order valence-corrected chi connectivity index (χ4v) is 2.76. The van der Waals surface area contributed by atoms with Gasteiger partial charge in [0.05, 0.1) is 10.6 Å². The molecule has 0 aliphatic carbocycles. The van der Waals surface area contributed by atoms with E-state index in [0.29, 0.717) is 5.75 Å². The maximum absolute atomic E-state index is 13.6. The monoisotopic (exact) mass is 294 g/mol. The molecule has 2 atom stereocenters. The quantitative estimate of drug-likeness (QED) is 0.834. The molecule has 1 aromatic rings. The van der Waals surface area contributed by atoms with Crippen LogP contribution in [0.4, 0.5) is 10.1 Å². The van der Waals surface area contributed by atoms with Crippen LogP contribution in [-0.2, 0) is 20.8 Å². The number of hydrogen-bond acceptors (Lipinski definition) is 4. The molecule has 0 saturated heterocycles. The number of hydrogen-bond donors (Lipinski definition) is 2. The highest BCUT2D eigenvalue weighted by Gasteiger charge is 2.13. The summed E-state index contributed by atoms with van der Waals surface area (Å²) >= 11 is 0. The van der Waals surface area contributed by atoms with Gasteiger partial charge in [-0.3, -0.25) is 4.21 Å². The van der Waals surface area contributed by atoms with Crippen LogP contribution in [0.25, 0.3) is 0 Å². The SMILES string of the molecule is CC(CS(C)=O)Nc1ccc(S(N)(=O)=O)cc1F. The van der Waals surface area contributed by atoms with E-state index in [1.54, 1.807) is 13.2 Å². The van der Waals surface area contributed by atoms with Gasteiger partial charge in [-0.1, -0.05) is 0 Å². The Balaban J connectivity index is 2.90. The minimum absolute atomic E-state index is 0.153. The molecule has 0 bridgehead atoms. The summed E-state index contributed by atoms with van der Waals surface area (Å²) in [6, 6.07) is 3.18. The van der Waals surface area contributed by atoms with Crippen LogP contribution in [0.1, 0.15) is 6.92 Å². The highest BCUT2D eigenvalue weighted by atomic mass is 32.2. The maximum Gasteiger partial charge on any atom is 0.238 e. The number of sulfonamides is 1. The van der Waals surface area contributed by atoms with E-state index in [0.717, 1.165) is 6.07 Å². The van der Waals surface area contributed by atoms with Crippen molar-refractivity contribution in [1.82, 2.24) is 0 Å². The van der Waals surface area contributed by atoms with Crippen LogP contribution in [0.3, 0.4) is 0 Å². The summed E-state index contributed by atoms with van der Waals surface area (Å²) in [5, 5.41) is 7.70. The Kier molecular flexibility index (Phi) is 4.83. The Morgan fingerprint density at radius 1 is 1.50 bits per heavy atom. The van der Waals surface area contributed by atoms with E-state index in [9.17, 15) is 17.0 Å². The van der Waals surface area contributed by atoms with Crippen molar-refractivity contribution >= 4 is 26.5 Å². The van der Waals surface area contributed by atoms with Crippen molar-refractivity contribution in [3.63, 3.8) is 0 Å². The zero-order valence-electron chi connectivity index (χ0n) is 10.0. The van der Waals surface area contributed by atoms with Crippen molar-refractivity contribution in [3.05, 3.63) is 24.0 Å². The van der Waals surface area contributed by atoms with Crippen molar-refractivity contribution in [2.24, 2.45) is 5.14 Å². The van der Waals surface area contributed by atoms with Crippen molar-refractivity contribution in [1.29, 1.82) is 0 Å². The van der Waals surface area contributed by atoms with Crippen molar-refractivity contribution in [2.45, 2.75) is 17.9 Å². The first-order valence-electron chi connectivity index (χ1n) is 5.09. The van der Waals surface area contributed by atoms with Crippen LogP contribution in [0.15, 0.2) is 23.1 Å². The molecule has 18 heavy (non-hydrogen) atoms. The van der Waals surface area contributed by atoms with Gasteiger partial charge in [0.2, 0.25) is 10.0 Å². The van der Waals surface area contributed by atoms with Crippen LogP contribution < -0.4 is 10.5 Å². The normalized spacial score (nSPS) is 15.1. The molecule has 0 aromatic heterocycles. The summed E-state index contributed by atoms with van der Waals surface area (Å²) < 4.78 is 46.6. The van der Waals surface area contributed by atoms with Gasteiger partial charge in [0.15, 0.2) is 0 Å². The van der Waals surface area contributed by atoms with Gasteiger partial charge in [0.25, 0.3) is 0 Å². The molecule has 0 amide bonds. The molecule has 5 nitrogen and oxygen atoms in total. The minimum Gasteiger partial charge on any atom is -0.379 e. The van der Waals surface area contributed by atoms with E-state index >= 15 is 0 Å². The molecule has 0 aliphatic rings. The van der Waals surface area contributed by atoms with Gasteiger partial charge in [-0.2, -0.15) is 0 Å². The van der Waals surface area contributed by atoms with E-state index in [2.05, 4.69) is 5.32 Å². The molecule has 8 heteroatoms. The zero-order chi connectivity index (χ0) is 13.9. The fourth-order valence-electron chi connectivity index (χ4n) is 1.45. The van der Waals surface area contributed by atoms with E-state index < -0.39 is 26.6 Å². The van der Waals surface area contributed by atoms with Crippen molar-refractivity contribution < 1.29 is 17.0 Å². The number of rotatable bonds is 5. The summed E-state index contributed by atoms with van der Waals surface area (Å²) in [5.74, 6) is -0.341. The van der Waals surface area contributed by atoms with Crippen LogP contribution >= 0.6 is 0 Å². The highest BCUT2D eigenvalue weighted by Crippen LogP contribution is 2.19. The molecular formula is C10H15FN2O3S2. The predicted molar refractivity (Wildman–Crippen MR) is 69.8 cm³/mol. The van der Waals surface area contributed by atoms with Gasteiger partial charge < -0.3 is 5.32 Å². The Morgan fingerprint density at radius 3 is 2.56 bits per heavy atom. The molecule has 0 aliphatic heterocycles. The number of anilines is 1. The van der Waals surface area contributed by atoms with Gasteiger partial charge in [-0.25, -0.2) is 17.9 Å². The molecule has 3 N–H and O–H groups in total. The Morgan fingerprint density at radius 2 is 2.11 bits per heavy atom. The minimum atomic E-state index is -3.91. The lowest BCUT2D eigenvalue weighted by Crippen LogP contribution is -2.23. The number of primary sulfonamides is 1. The molecule has 0 spiro atoms. The lowest BCUT2D eigenvalue weighted by atomic mass is 10.2. The Bertz CT molecular complexity index is 560. The van der Waals surface area contributed by atoms with Crippen LogP contribution in [0.2, 0.25) is 0 Å². The topological polar surface area (TPSA) is 89.3 Å². The first-order valence-corrected chi connectivity index (χ1v) is 8.36. The van der Waals surface area contributed by atoms with E-state index in [1.165, 1.54) is 12.1 Å². The molecule has 0 saturated carbocycles. The van der Waals surface area contributed by atoms with Gasteiger partial charge in [0, 0.05) is 28.9 Å². The second-order valence-electron chi connectivity index (χ2n) is 3.97. The predicted octanol–water partition coefficient (Wildman–Crippen LogP) is 0.652. The average molecular weight is 294 g/mol. The molecule has 0 fully saturated rings. The summed E-state index contributed by atoms with van der Waals surface area (Å²) in [4.78, 5) is -0.280. The molecule has 1 rings (SSSR count). The first kappa shape index (κ1) is 15.1. The van der Waals surface area contributed by atoms with Gasteiger partial charge >= 0.3 is 0 Å². The van der Waals surface area contributed by atoms with E-state index in [4.69, 9.17) is 5.14 Å². The highest BCUT2D eigenvalue weighted by molar-refractivity contribution is 7.89. The second kappa shape index (κ2) is 5.77. The first-order chi connectivity index (χ1) is 8.20. The third-order valence-corrected chi connectivity index (χ3v) is 4.04. The molecule has 0 heterocycles. The van der Waals surface area contributed by atoms with Crippen molar-refractivity contribution in [2.75, 3.05) is 17.3 Å². The Hall–Kier alpha value is -0.990. The second-order valence-corrected chi connectivity index (χ2v) is 7.01. The zero-order valence-corrected chi connectivity index (χ0v) is 11.6. The summed E-state index contributed by atoms with van der Waals surface area (Å²) in [6.45, 7) is 1.76. The number of benzene rings is 1. The number of nitrogens with one attached hydrogen (secondary N) is 1. The smallest absolute Gasteiger partial charge is 0.238 e. The van der Waals surface area contributed by atoms with E-state index in [-0.39, 0.29) is 16.6 Å². The van der Waals surface area contributed by atoms with Gasteiger partial charge in [-0.05, 0) is 25.1 Å². The maximum atomic E-state index is 13.6. The largest absolute Gasteiger partial charge is 0.379 e. The third kappa shape index (κ3) is 4.35. The van der Waals surface area contributed by atoms with Crippen LogP contribution in [0.5, 0.6) is 0 Å².